The van der Waals surface area contributed by atoms with Crippen molar-refractivity contribution in [3.8, 4) is 5.75 Å². The van der Waals surface area contributed by atoms with Crippen LogP contribution < -0.4 is 13.8 Å². The van der Waals surface area contributed by atoms with Crippen molar-refractivity contribution in [1.82, 2.24) is 0 Å². The molecule has 0 atom stereocenters. The number of nitrogens with zero attached hydrogens (tertiary/aromatic N) is 1. The van der Waals surface area contributed by atoms with Crippen molar-refractivity contribution in [2.75, 3.05) is 22.2 Å². The third-order valence-electron chi connectivity index (χ3n) is 4.90. The van der Waals surface area contributed by atoms with Gasteiger partial charge in [0.05, 0.1) is 22.9 Å². The van der Waals surface area contributed by atoms with E-state index in [1.807, 2.05) is 6.92 Å². The predicted octanol–water partition coefficient (Wildman–Crippen LogP) is 4.09. The molecule has 1 aliphatic heterocycles. The number of aryl methyl sites for hydroxylation is 1. The molecule has 7 nitrogen and oxygen atoms in total. The Bertz CT molecular complexity index is 1270. The van der Waals surface area contributed by atoms with Crippen molar-refractivity contribution < 1.29 is 21.6 Å². The minimum atomic E-state index is -3.84. The van der Waals surface area contributed by atoms with E-state index in [1.54, 1.807) is 47.8 Å². The van der Waals surface area contributed by atoms with E-state index in [-0.39, 0.29) is 9.10 Å². The second-order valence-electron chi connectivity index (χ2n) is 6.97. The molecule has 0 bridgehead atoms. The lowest BCUT2D eigenvalue weighted by molar-refractivity contribution is 0.340. The van der Waals surface area contributed by atoms with Crippen LogP contribution in [0.25, 0.3) is 0 Å². The second kappa shape index (κ2) is 8.52. The van der Waals surface area contributed by atoms with Crippen LogP contribution in [0.4, 0.5) is 11.4 Å². The molecule has 0 unspecified atom stereocenters. The Morgan fingerprint density at radius 2 is 1.84 bits per heavy atom. The summed E-state index contributed by atoms with van der Waals surface area (Å²) in [5.74, 6) is 0.588. The minimum absolute atomic E-state index is 0.0942. The van der Waals surface area contributed by atoms with E-state index in [9.17, 15) is 16.8 Å². The maximum atomic E-state index is 13.1. The lowest BCUT2D eigenvalue weighted by Crippen LogP contribution is -2.35. The molecule has 0 saturated heterocycles. The van der Waals surface area contributed by atoms with Crippen LogP contribution in [0, 0.1) is 0 Å². The molecule has 4 rings (SSSR count). The molecule has 0 fully saturated rings. The number of benzene rings is 2. The molecule has 0 spiro atoms. The van der Waals surface area contributed by atoms with E-state index in [2.05, 4.69) is 4.72 Å². The predicted molar refractivity (Wildman–Crippen MR) is 122 cm³/mol. The maximum absolute atomic E-state index is 13.1. The van der Waals surface area contributed by atoms with Gasteiger partial charge in [-0.05, 0) is 73.2 Å². The fourth-order valence-corrected chi connectivity index (χ4v) is 7.16. The number of ether oxygens (including phenoxy) is 1. The molecule has 3 aromatic rings. The van der Waals surface area contributed by atoms with Gasteiger partial charge in [-0.15, -0.1) is 11.3 Å². The highest BCUT2D eigenvalue weighted by atomic mass is 32.2. The smallest absolute Gasteiger partial charge is 0.273 e. The van der Waals surface area contributed by atoms with Crippen molar-refractivity contribution in [3.63, 3.8) is 0 Å². The van der Waals surface area contributed by atoms with Gasteiger partial charge in [0.15, 0.2) is 0 Å². The Morgan fingerprint density at radius 1 is 1.06 bits per heavy atom. The zero-order chi connectivity index (χ0) is 22.1. The number of fused-ring (bicyclic) bond motifs is 1. The van der Waals surface area contributed by atoms with Gasteiger partial charge in [-0.1, -0.05) is 12.1 Å². The number of hydrogen-bond donors (Lipinski definition) is 1. The third-order valence-corrected chi connectivity index (χ3v) is 9.48. The van der Waals surface area contributed by atoms with Gasteiger partial charge in [0.25, 0.3) is 20.0 Å². The standard InChI is InChI=1S/C21H22N2O5S3/c1-2-28-18-9-11-19(12-10-18)30(24,25)22-17-8-7-16-5-3-13-23(20(16)15-17)31(26,27)21-6-4-14-29-21/h4,6-12,14-15,22H,2-3,5,13H2,1H3. The first-order valence-electron chi connectivity index (χ1n) is 9.76. The topological polar surface area (TPSA) is 92.8 Å². The van der Waals surface area contributed by atoms with Crippen molar-refractivity contribution >= 4 is 42.8 Å². The third kappa shape index (κ3) is 4.41. The number of hydrogen-bond acceptors (Lipinski definition) is 6. The van der Waals surface area contributed by atoms with E-state index in [0.29, 0.717) is 36.7 Å². The molecule has 31 heavy (non-hydrogen) atoms. The molecule has 0 radical (unpaired) electrons. The van der Waals surface area contributed by atoms with Crippen molar-refractivity contribution in [2.24, 2.45) is 0 Å². The van der Waals surface area contributed by atoms with Crippen molar-refractivity contribution in [3.05, 3.63) is 65.5 Å². The SMILES string of the molecule is CCOc1ccc(S(=O)(=O)Nc2ccc3c(c2)N(S(=O)(=O)c2cccs2)CCC3)cc1. The van der Waals surface area contributed by atoms with Gasteiger partial charge in [-0.25, -0.2) is 16.8 Å². The molecule has 10 heteroatoms. The molecule has 0 saturated carbocycles. The minimum Gasteiger partial charge on any atom is -0.494 e. The molecule has 0 aliphatic carbocycles. The first-order valence-corrected chi connectivity index (χ1v) is 13.6. The van der Waals surface area contributed by atoms with Crippen molar-refractivity contribution in [1.29, 1.82) is 0 Å². The lowest BCUT2D eigenvalue weighted by Gasteiger charge is -2.30. The number of nitrogens with one attached hydrogen (secondary N) is 1. The van der Waals surface area contributed by atoms with Gasteiger partial charge in [-0.2, -0.15) is 0 Å². The zero-order valence-electron chi connectivity index (χ0n) is 16.8. The summed E-state index contributed by atoms with van der Waals surface area (Å²) in [5, 5.41) is 1.72. The first-order chi connectivity index (χ1) is 14.8. The van der Waals surface area contributed by atoms with Gasteiger partial charge in [0.1, 0.15) is 9.96 Å². The van der Waals surface area contributed by atoms with Crippen LogP contribution in [0.3, 0.4) is 0 Å². The molecule has 2 aromatic carbocycles. The second-order valence-corrected chi connectivity index (χ2v) is 11.7. The largest absolute Gasteiger partial charge is 0.494 e. The Hall–Kier alpha value is -2.56. The summed E-state index contributed by atoms with van der Waals surface area (Å²) in [5.41, 5.74) is 1.68. The molecule has 0 amide bonds. The van der Waals surface area contributed by atoms with Gasteiger partial charge in [0.2, 0.25) is 0 Å². The van der Waals surface area contributed by atoms with Crippen LogP contribution in [-0.2, 0) is 26.5 Å². The highest BCUT2D eigenvalue weighted by Crippen LogP contribution is 2.35. The molecular formula is C21H22N2O5S3. The highest BCUT2D eigenvalue weighted by molar-refractivity contribution is 7.94. The Morgan fingerprint density at radius 3 is 2.52 bits per heavy atom. The van der Waals surface area contributed by atoms with Crippen LogP contribution in [0.15, 0.2) is 69.1 Å². The van der Waals surface area contributed by atoms with Crippen LogP contribution in [0.2, 0.25) is 0 Å². The van der Waals surface area contributed by atoms with E-state index in [4.69, 9.17) is 4.74 Å². The summed E-state index contributed by atoms with van der Waals surface area (Å²) in [6.07, 6.45) is 1.44. The number of rotatable bonds is 7. The summed E-state index contributed by atoms with van der Waals surface area (Å²) >= 11 is 1.16. The number of thiophene rings is 1. The molecule has 1 aliphatic rings. The first kappa shape index (κ1) is 21.7. The van der Waals surface area contributed by atoms with Crippen molar-refractivity contribution in [2.45, 2.75) is 28.9 Å². The molecular weight excluding hydrogens is 456 g/mol. The Balaban J connectivity index is 1.64. The molecule has 164 valence electrons. The summed E-state index contributed by atoms with van der Waals surface area (Å²) < 4.78 is 61.4. The van der Waals surface area contributed by atoms with Crippen LogP contribution in [0.5, 0.6) is 5.75 Å². The van der Waals surface area contributed by atoms with Gasteiger partial charge < -0.3 is 4.74 Å². The van der Waals surface area contributed by atoms with E-state index in [0.717, 1.165) is 23.3 Å². The average Bonchev–Trinajstić information content (AvgIpc) is 3.29. The Kier molecular flexibility index (Phi) is 5.96. The van der Waals surface area contributed by atoms with Gasteiger partial charge in [-0.3, -0.25) is 9.03 Å². The van der Waals surface area contributed by atoms with E-state index >= 15 is 0 Å². The summed E-state index contributed by atoms with van der Waals surface area (Å²) in [7, 11) is -7.53. The normalized spacial score (nSPS) is 14.2. The number of sulfonamides is 2. The fraction of sp³-hybridized carbons (Fsp3) is 0.238. The maximum Gasteiger partial charge on any atom is 0.273 e. The quantitative estimate of drug-likeness (QED) is 0.552. The van der Waals surface area contributed by atoms with E-state index in [1.165, 1.54) is 16.4 Å². The lowest BCUT2D eigenvalue weighted by atomic mass is 10.0. The molecule has 1 aromatic heterocycles. The average molecular weight is 479 g/mol. The van der Waals surface area contributed by atoms with Crippen LogP contribution in [-0.4, -0.2) is 30.0 Å². The zero-order valence-corrected chi connectivity index (χ0v) is 19.3. The molecule has 2 heterocycles. The Labute approximate surface area is 186 Å². The highest BCUT2D eigenvalue weighted by Gasteiger charge is 2.30. The molecule has 1 N–H and O–H groups in total. The fourth-order valence-electron chi connectivity index (χ4n) is 3.47. The van der Waals surface area contributed by atoms with Crippen LogP contribution >= 0.6 is 11.3 Å². The monoisotopic (exact) mass is 478 g/mol. The van der Waals surface area contributed by atoms with E-state index < -0.39 is 20.0 Å². The van der Waals surface area contributed by atoms with Gasteiger partial charge in [0, 0.05) is 6.54 Å². The summed E-state index contributed by atoms with van der Waals surface area (Å²) in [4.78, 5) is 0.0942. The van der Waals surface area contributed by atoms with Gasteiger partial charge >= 0.3 is 0 Å². The van der Waals surface area contributed by atoms with Crippen LogP contribution in [0.1, 0.15) is 18.9 Å². The number of anilines is 2. The summed E-state index contributed by atoms with van der Waals surface area (Å²) in [6, 6.07) is 14.4. The summed E-state index contributed by atoms with van der Waals surface area (Å²) in [6.45, 7) is 2.69.